The second-order valence-corrected chi connectivity index (χ2v) is 5.10. The Morgan fingerprint density at radius 1 is 1.20 bits per heavy atom. The van der Waals surface area contributed by atoms with Crippen molar-refractivity contribution in [2.75, 3.05) is 18.1 Å². The molecule has 1 aliphatic heterocycles. The van der Waals surface area contributed by atoms with E-state index in [2.05, 4.69) is 4.90 Å². The van der Waals surface area contributed by atoms with Gasteiger partial charge < -0.3 is 9.64 Å². The molecule has 0 unspecified atom stereocenters. The molecular formula is C16H15ClFNO. The summed E-state index contributed by atoms with van der Waals surface area (Å²) in [6.07, 6.45) is 0. The molecule has 4 heteroatoms. The van der Waals surface area contributed by atoms with E-state index in [9.17, 15) is 4.39 Å². The largest absolute Gasteiger partial charge is 0.491 e. The number of hydrogen-bond donors (Lipinski definition) is 0. The maximum absolute atomic E-state index is 13.7. The first-order chi connectivity index (χ1) is 9.76. The molecule has 0 radical (unpaired) electrons. The van der Waals surface area contributed by atoms with E-state index in [0.717, 1.165) is 29.1 Å². The van der Waals surface area contributed by atoms with Gasteiger partial charge in [-0.15, -0.1) is 11.6 Å². The van der Waals surface area contributed by atoms with E-state index in [4.69, 9.17) is 16.3 Å². The van der Waals surface area contributed by atoms with Gasteiger partial charge in [-0.3, -0.25) is 0 Å². The van der Waals surface area contributed by atoms with Gasteiger partial charge in [0.2, 0.25) is 0 Å². The van der Waals surface area contributed by atoms with E-state index in [-0.39, 0.29) is 5.82 Å². The molecule has 0 bridgehead atoms. The van der Waals surface area contributed by atoms with Crippen LogP contribution in [0, 0.1) is 5.82 Å². The Morgan fingerprint density at radius 3 is 2.90 bits per heavy atom. The quantitative estimate of drug-likeness (QED) is 0.777. The normalized spacial score (nSPS) is 14.4. The lowest BCUT2D eigenvalue weighted by molar-refractivity contribution is 0.331. The third-order valence-electron chi connectivity index (χ3n) is 3.41. The molecule has 0 amide bonds. The first-order valence-corrected chi connectivity index (χ1v) is 7.11. The highest BCUT2D eigenvalue weighted by Gasteiger charge is 2.16. The van der Waals surface area contributed by atoms with Gasteiger partial charge in [-0.1, -0.05) is 18.2 Å². The molecule has 0 saturated heterocycles. The Balaban J connectivity index is 1.93. The van der Waals surface area contributed by atoms with Crippen LogP contribution in [0.15, 0.2) is 42.5 Å². The van der Waals surface area contributed by atoms with Crippen molar-refractivity contribution in [3.63, 3.8) is 0 Å². The van der Waals surface area contributed by atoms with Crippen molar-refractivity contribution in [2.24, 2.45) is 0 Å². The number of anilines is 1. The van der Waals surface area contributed by atoms with Crippen LogP contribution in [0.2, 0.25) is 0 Å². The van der Waals surface area contributed by atoms with Gasteiger partial charge in [-0.2, -0.15) is 0 Å². The van der Waals surface area contributed by atoms with Crippen molar-refractivity contribution in [1.82, 2.24) is 0 Å². The minimum Gasteiger partial charge on any atom is -0.491 e. The molecule has 1 heterocycles. The zero-order valence-electron chi connectivity index (χ0n) is 11.0. The zero-order valence-corrected chi connectivity index (χ0v) is 11.7. The minimum absolute atomic E-state index is 0.253. The van der Waals surface area contributed by atoms with Crippen LogP contribution >= 0.6 is 11.6 Å². The molecule has 0 aromatic heterocycles. The van der Waals surface area contributed by atoms with Gasteiger partial charge in [-0.05, 0) is 29.8 Å². The zero-order chi connectivity index (χ0) is 13.9. The molecule has 0 saturated carbocycles. The van der Waals surface area contributed by atoms with Gasteiger partial charge in [0.05, 0.1) is 6.54 Å². The van der Waals surface area contributed by atoms with E-state index in [1.165, 1.54) is 6.07 Å². The van der Waals surface area contributed by atoms with Crippen LogP contribution in [-0.2, 0) is 12.4 Å². The maximum atomic E-state index is 13.7. The Hall–Kier alpha value is -1.74. The topological polar surface area (TPSA) is 12.5 Å². The summed E-state index contributed by atoms with van der Waals surface area (Å²) in [5.41, 5.74) is 2.75. The lowest BCUT2D eigenvalue weighted by Crippen LogP contribution is -2.25. The van der Waals surface area contributed by atoms with Gasteiger partial charge in [0, 0.05) is 23.7 Å². The van der Waals surface area contributed by atoms with Crippen molar-refractivity contribution in [3.8, 4) is 5.75 Å². The smallest absolute Gasteiger partial charge is 0.125 e. The number of benzene rings is 2. The number of para-hydroxylation sites is 1. The summed E-state index contributed by atoms with van der Waals surface area (Å²) in [6.45, 7) is 2.02. The van der Waals surface area contributed by atoms with Gasteiger partial charge in [0.1, 0.15) is 18.2 Å². The Labute approximate surface area is 122 Å². The number of fused-ring (bicyclic) bond motifs is 1. The number of hydrogen-bond acceptors (Lipinski definition) is 2. The lowest BCUT2D eigenvalue weighted by Gasteiger charge is -2.22. The van der Waals surface area contributed by atoms with Crippen LogP contribution < -0.4 is 9.64 Å². The first kappa shape index (κ1) is 13.3. The number of nitrogens with zero attached hydrogens (tertiary/aromatic N) is 1. The molecular weight excluding hydrogens is 277 g/mol. The molecule has 2 nitrogen and oxygen atoms in total. The fourth-order valence-electron chi connectivity index (χ4n) is 2.44. The van der Waals surface area contributed by atoms with E-state index in [1.54, 1.807) is 6.07 Å². The maximum Gasteiger partial charge on any atom is 0.125 e. The minimum atomic E-state index is -0.253. The van der Waals surface area contributed by atoms with E-state index < -0.39 is 0 Å². The predicted molar refractivity (Wildman–Crippen MR) is 78.9 cm³/mol. The standard InChI is InChI=1S/C16H15ClFNO/c17-10-12-7-14(18)9-15(8-12)19-5-6-20-16-4-2-1-3-13(16)11-19/h1-4,7-9H,5-6,10-11H2. The van der Waals surface area contributed by atoms with Gasteiger partial charge in [0.15, 0.2) is 0 Å². The third-order valence-corrected chi connectivity index (χ3v) is 3.72. The molecule has 2 aromatic rings. The molecule has 2 aromatic carbocycles. The molecule has 0 fully saturated rings. The fourth-order valence-corrected chi connectivity index (χ4v) is 2.59. The summed E-state index contributed by atoms with van der Waals surface area (Å²) in [5.74, 6) is 0.965. The average molecular weight is 292 g/mol. The van der Waals surface area contributed by atoms with Crippen molar-refractivity contribution >= 4 is 17.3 Å². The number of rotatable bonds is 2. The molecule has 104 valence electrons. The van der Waals surface area contributed by atoms with E-state index in [1.807, 2.05) is 30.3 Å². The highest BCUT2D eigenvalue weighted by atomic mass is 35.5. The average Bonchev–Trinajstić information content (AvgIpc) is 2.68. The summed E-state index contributed by atoms with van der Waals surface area (Å²) in [7, 11) is 0. The molecule has 0 atom stereocenters. The molecule has 1 aliphatic rings. The lowest BCUT2D eigenvalue weighted by atomic mass is 10.1. The van der Waals surface area contributed by atoms with Crippen LogP contribution in [-0.4, -0.2) is 13.2 Å². The monoisotopic (exact) mass is 291 g/mol. The second-order valence-electron chi connectivity index (χ2n) is 4.83. The summed E-state index contributed by atoms with van der Waals surface area (Å²) in [5, 5.41) is 0. The Morgan fingerprint density at radius 2 is 2.05 bits per heavy atom. The molecule has 20 heavy (non-hydrogen) atoms. The number of alkyl halides is 1. The SMILES string of the molecule is Fc1cc(CCl)cc(N2CCOc3ccccc3C2)c1. The third kappa shape index (κ3) is 2.73. The molecule has 0 N–H and O–H groups in total. The summed E-state index contributed by atoms with van der Waals surface area (Å²) < 4.78 is 19.4. The van der Waals surface area contributed by atoms with E-state index >= 15 is 0 Å². The van der Waals surface area contributed by atoms with Crippen LogP contribution in [0.1, 0.15) is 11.1 Å². The highest BCUT2D eigenvalue weighted by Crippen LogP contribution is 2.27. The van der Waals surface area contributed by atoms with Crippen molar-refractivity contribution < 1.29 is 9.13 Å². The fraction of sp³-hybridized carbons (Fsp3) is 0.250. The van der Waals surface area contributed by atoms with Gasteiger partial charge >= 0.3 is 0 Å². The Kier molecular flexibility index (Phi) is 3.79. The van der Waals surface area contributed by atoms with Crippen molar-refractivity contribution in [3.05, 3.63) is 59.4 Å². The van der Waals surface area contributed by atoms with Crippen LogP contribution in [0.5, 0.6) is 5.75 Å². The van der Waals surface area contributed by atoms with Gasteiger partial charge in [-0.25, -0.2) is 4.39 Å². The first-order valence-electron chi connectivity index (χ1n) is 6.57. The summed E-state index contributed by atoms with van der Waals surface area (Å²) in [6, 6.07) is 12.9. The molecule has 0 spiro atoms. The number of halogens is 2. The summed E-state index contributed by atoms with van der Waals surface area (Å²) in [4.78, 5) is 2.12. The van der Waals surface area contributed by atoms with Gasteiger partial charge in [0.25, 0.3) is 0 Å². The van der Waals surface area contributed by atoms with Crippen LogP contribution in [0.25, 0.3) is 0 Å². The van der Waals surface area contributed by atoms with Crippen LogP contribution in [0.4, 0.5) is 10.1 Å². The molecule has 3 rings (SSSR count). The summed E-state index contributed by atoms with van der Waals surface area (Å²) >= 11 is 5.81. The second kappa shape index (κ2) is 5.71. The Bertz CT molecular complexity index is 617. The van der Waals surface area contributed by atoms with Crippen molar-refractivity contribution in [1.29, 1.82) is 0 Å². The number of ether oxygens (including phenoxy) is 1. The van der Waals surface area contributed by atoms with Crippen LogP contribution in [0.3, 0.4) is 0 Å². The predicted octanol–water partition coefficient (Wildman–Crippen LogP) is 3.96. The van der Waals surface area contributed by atoms with E-state index in [0.29, 0.717) is 19.0 Å². The molecule has 0 aliphatic carbocycles. The highest BCUT2D eigenvalue weighted by molar-refractivity contribution is 6.17. The van der Waals surface area contributed by atoms with Crippen molar-refractivity contribution in [2.45, 2.75) is 12.4 Å².